The molecule has 28 heavy (non-hydrogen) atoms. The van der Waals surface area contributed by atoms with E-state index in [1.165, 1.54) is 19.3 Å². The highest BCUT2D eigenvalue weighted by Gasteiger charge is 2.31. The van der Waals surface area contributed by atoms with Crippen LogP contribution in [0.3, 0.4) is 0 Å². The number of rotatable bonds is 7. The van der Waals surface area contributed by atoms with Gasteiger partial charge in [0.2, 0.25) is 5.91 Å². The van der Waals surface area contributed by atoms with Crippen LogP contribution in [0.25, 0.3) is 0 Å². The Morgan fingerprint density at radius 1 is 1.18 bits per heavy atom. The fourth-order valence-corrected chi connectivity index (χ4v) is 4.31. The van der Waals surface area contributed by atoms with Gasteiger partial charge in [-0.1, -0.05) is 33.1 Å². The molecule has 2 aliphatic rings. The Bertz CT molecular complexity index is 491. The van der Waals surface area contributed by atoms with Crippen molar-refractivity contribution in [3.8, 4) is 0 Å². The molecule has 1 saturated heterocycles. The molecule has 0 aromatic carbocycles. The predicted molar refractivity (Wildman–Crippen MR) is 128 cm³/mol. The van der Waals surface area contributed by atoms with E-state index < -0.39 is 0 Å². The smallest absolute Gasteiger partial charge is 0.225 e. The summed E-state index contributed by atoms with van der Waals surface area (Å²) < 4.78 is 0. The van der Waals surface area contributed by atoms with E-state index in [-0.39, 0.29) is 29.9 Å². The second kappa shape index (κ2) is 12.9. The molecule has 1 aliphatic heterocycles. The van der Waals surface area contributed by atoms with Crippen molar-refractivity contribution in [3.05, 3.63) is 0 Å². The molecular formula is C21H42IN5O. The summed E-state index contributed by atoms with van der Waals surface area (Å²) in [7, 11) is 6.09. The van der Waals surface area contributed by atoms with Crippen LogP contribution in [-0.4, -0.2) is 74.5 Å². The number of halogens is 1. The van der Waals surface area contributed by atoms with Crippen molar-refractivity contribution in [2.45, 2.75) is 70.9 Å². The van der Waals surface area contributed by atoms with Gasteiger partial charge < -0.3 is 20.4 Å². The minimum atomic E-state index is 0. The first kappa shape index (κ1) is 25.5. The number of hydrogen-bond donors (Lipinski definition) is 2. The number of guanidine groups is 1. The Morgan fingerprint density at radius 2 is 1.86 bits per heavy atom. The zero-order valence-electron chi connectivity index (χ0n) is 18.5. The summed E-state index contributed by atoms with van der Waals surface area (Å²) in [6.07, 6.45) is 8.04. The van der Waals surface area contributed by atoms with Crippen molar-refractivity contribution in [3.63, 3.8) is 0 Å². The number of aliphatic imine (C=N–C) groups is 1. The van der Waals surface area contributed by atoms with Crippen LogP contribution >= 0.6 is 24.0 Å². The van der Waals surface area contributed by atoms with E-state index in [1.807, 2.05) is 7.05 Å². The molecule has 1 heterocycles. The quantitative estimate of drug-likeness (QED) is 0.316. The lowest BCUT2D eigenvalue weighted by atomic mass is 9.88. The highest BCUT2D eigenvalue weighted by atomic mass is 127. The van der Waals surface area contributed by atoms with Crippen LogP contribution in [0.2, 0.25) is 0 Å². The Kier molecular flexibility index (Phi) is 11.7. The largest absolute Gasteiger partial charge is 0.355 e. The van der Waals surface area contributed by atoms with Crippen LogP contribution in [-0.2, 0) is 4.79 Å². The van der Waals surface area contributed by atoms with E-state index >= 15 is 0 Å². The van der Waals surface area contributed by atoms with Gasteiger partial charge in [0.15, 0.2) is 5.96 Å². The first-order chi connectivity index (χ1) is 12.9. The molecule has 2 N–H and O–H groups in total. The number of carbonyl (C=O) groups is 1. The van der Waals surface area contributed by atoms with Gasteiger partial charge in [-0.3, -0.25) is 9.79 Å². The summed E-state index contributed by atoms with van der Waals surface area (Å²) in [6.45, 7) is 7.08. The molecule has 7 heteroatoms. The summed E-state index contributed by atoms with van der Waals surface area (Å²) >= 11 is 0. The van der Waals surface area contributed by atoms with Gasteiger partial charge in [0.25, 0.3) is 0 Å². The van der Waals surface area contributed by atoms with E-state index in [0.717, 1.165) is 51.3 Å². The number of amides is 1. The molecule has 2 unspecified atom stereocenters. The number of nitrogens with one attached hydrogen (secondary N) is 2. The van der Waals surface area contributed by atoms with Gasteiger partial charge >= 0.3 is 0 Å². The predicted octanol–water partition coefficient (Wildman–Crippen LogP) is 2.93. The average Bonchev–Trinajstić information content (AvgIpc) is 3.12. The second-order valence-corrected chi connectivity index (χ2v) is 8.95. The molecule has 1 saturated carbocycles. The van der Waals surface area contributed by atoms with Gasteiger partial charge in [-0.05, 0) is 45.7 Å². The fourth-order valence-electron chi connectivity index (χ4n) is 4.31. The zero-order valence-corrected chi connectivity index (χ0v) is 20.9. The average molecular weight is 508 g/mol. The van der Waals surface area contributed by atoms with Crippen LogP contribution in [0.1, 0.15) is 58.8 Å². The molecule has 0 radical (unpaired) electrons. The third-order valence-corrected chi connectivity index (χ3v) is 6.00. The molecule has 0 bridgehead atoms. The minimum Gasteiger partial charge on any atom is -0.355 e. The van der Waals surface area contributed by atoms with E-state index in [0.29, 0.717) is 23.9 Å². The third-order valence-electron chi connectivity index (χ3n) is 6.00. The van der Waals surface area contributed by atoms with Gasteiger partial charge in [0, 0.05) is 44.7 Å². The lowest BCUT2D eigenvalue weighted by Crippen LogP contribution is -2.49. The first-order valence-corrected chi connectivity index (χ1v) is 10.8. The van der Waals surface area contributed by atoms with Crippen molar-refractivity contribution in [2.24, 2.45) is 16.8 Å². The fraction of sp³-hybridized carbons (Fsp3) is 0.905. The highest BCUT2D eigenvalue weighted by molar-refractivity contribution is 14.0. The molecule has 1 aliphatic carbocycles. The van der Waals surface area contributed by atoms with Gasteiger partial charge in [-0.2, -0.15) is 0 Å². The maximum Gasteiger partial charge on any atom is 0.225 e. The van der Waals surface area contributed by atoms with Crippen molar-refractivity contribution in [1.82, 2.24) is 20.4 Å². The summed E-state index contributed by atoms with van der Waals surface area (Å²) in [5, 5.41) is 7.01. The van der Waals surface area contributed by atoms with Crippen molar-refractivity contribution in [2.75, 3.05) is 40.8 Å². The Labute approximate surface area is 189 Å². The van der Waals surface area contributed by atoms with Crippen LogP contribution < -0.4 is 10.6 Å². The number of hydrogen-bond acceptors (Lipinski definition) is 3. The number of nitrogens with zero attached hydrogens (tertiary/aromatic N) is 3. The molecular weight excluding hydrogens is 465 g/mol. The Morgan fingerprint density at radius 3 is 2.43 bits per heavy atom. The first-order valence-electron chi connectivity index (χ1n) is 10.8. The molecule has 0 spiro atoms. The van der Waals surface area contributed by atoms with Crippen LogP contribution in [0.15, 0.2) is 4.99 Å². The maximum absolute atomic E-state index is 12.7. The van der Waals surface area contributed by atoms with Crippen LogP contribution in [0.4, 0.5) is 0 Å². The van der Waals surface area contributed by atoms with Gasteiger partial charge in [-0.15, -0.1) is 24.0 Å². The van der Waals surface area contributed by atoms with Crippen molar-refractivity contribution >= 4 is 35.8 Å². The molecule has 0 aromatic heterocycles. The lowest BCUT2D eigenvalue weighted by Gasteiger charge is -2.28. The van der Waals surface area contributed by atoms with Crippen LogP contribution in [0, 0.1) is 11.8 Å². The minimum absolute atomic E-state index is 0. The SMILES string of the molecule is CN=C(NCC(CC(C)C)N(C)C)NC1CCN(C(=O)C2CCCCC2)C1.I. The van der Waals surface area contributed by atoms with E-state index in [2.05, 4.69) is 53.4 Å². The second-order valence-electron chi connectivity index (χ2n) is 8.95. The van der Waals surface area contributed by atoms with Crippen molar-refractivity contribution < 1.29 is 4.79 Å². The van der Waals surface area contributed by atoms with Crippen molar-refractivity contribution in [1.29, 1.82) is 0 Å². The molecule has 2 rings (SSSR count). The molecule has 164 valence electrons. The van der Waals surface area contributed by atoms with Crippen LogP contribution in [0.5, 0.6) is 0 Å². The third kappa shape index (κ3) is 8.05. The summed E-state index contributed by atoms with van der Waals surface area (Å²) in [5.41, 5.74) is 0. The molecule has 6 nitrogen and oxygen atoms in total. The number of likely N-dealkylation sites (tertiary alicyclic amines) is 1. The van der Waals surface area contributed by atoms with Gasteiger partial charge in [0.05, 0.1) is 0 Å². The summed E-state index contributed by atoms with van der Waals surface area (Å²) in [6, 6.07) is 0.781. The number of carbonyl (C=O) groups excluding carboxylic acids is 1. The Balaban J connectivity index is 0.00000392. The summed E-state index contributed by atoms with van der Waals surface area (Å²) in [5.74, 6) is 2.17. The maximum atomic E-state index is 12.7. The Hall–Kier alpha value is -0.570. The number of likely N-dealkylation sites (N-methyl/N-ethyl adjacent to an activating group) is 1. The van der Waals surface area contributed by atoms with Gasteiger partial charge in [0.1, 0.15) is 0 Å². The van der Waals surface area contributed by atoms with Gasteiger partial charge in [-0.25, -0.2) is 0 Å². The molecule has 2 fully saturated rings. The monoisotopic (exact) mass is 507 g/mol. The van der Waals surface area contributed by atoms with E-state index in [4.69, 9.17) is 0 Å². The lowest BCUT2D eigenvalue weighted by molar-refractivity contribution is -0.135. The normalized spacial score (nSPS) is 22.3. The molecule has 0 aromatic rings. The molecule has 2 atom stereocenters. The summed E-state index contributed by atoms with van der Waals surface area (Å²) in [4.78, 5) is 21.5. The topological polar surface area (TPSA) is 60.0 Å². The van der Waals surface area contributed by atoms with E-state index in [9.17, 15) is 4.79 Å². The standard InChI is InChI=1S/C21H41N5O.HI/c1-16(2)13-19(25(4)5)14-23-21(22-3)24-18-11-12-26(15-18)20(27)17-9-7-6-8-10-17;/h16-19H,6-15H2,1-5H3,(H2,22,23,24);1H. The highest BCUT2D eigenvalue weighted by Crippen LogP contribution is 2.26. The molecule has 1 amide bonds. The van der Waals surface area contributed by atoms with E-state index in [1.54, 1.807) is 0 Å². The zero-order chi connectivity index (χ0) is 19.8.